The number of ether oxygens (including phenoxy) is 3. The highest BCUT2D eigenvalue weighted by Crippen LogP contribution is 2.39. The van der Waals surface area contributed by atoms with Crippen LogP contribution in [0.5, 0.6) is 17.2 Å². The molecule has 0 aliphatic rings. The first-order valence-corrected chi connectivity index (χ1v) is 8.97. The number of hydrogen-bond acceptors (Lipinski definition) is 4. The summed E-state index contributed by atoms with van der Waals surface area (Å²) in [6.45, 7) is 1.29. The smallest absolute Gasteiger partial charge is 0.203 e. The summed E-state index contributed by atoms with van der Waals surface area (Å²) < 4.78 is 16.2. The first kappa shape index (κ1) is 20.7. The summed E-state index contributed by atoms with van der Waals surface area (Å²) >= 11 is 5.91. The molecule has 0 aromatic heterocycles. The minimum absolute atomic E-state index is 0.532. The van der Waals surface area contributed by atoms with Crippen molar-refractivity contribution in [2.45, 2.75) is 13.0 Å². The predicted octanol–water partition coefficient (Wildman–Crippen LogP) is 3.27. The summed E-state index contributed by atoms with van der Waals surface area (Å²) in [6, 6.07) is 11.6. The molecule has 2 rings (SSSR count). The lowest BCUT2D eigenvalue weighted by Gasteiger charge is -2.17. The van der Waals surface area contributed by atoms with Crippen molar-refractivity contribution in [3.05, 3.63) is 52.5 Å². The third kappa shape index (κ3) is 5.69. The van der Waals surface area contributed by atoms with E-state index in [9.17, 15) is 0 Å². The lowest BCUT2D eigenvalue weighted by Crippen LogP contribution is -2.37. The lowest BCUT2D eigenvalue weighted by molar-refractivity contribution is 0.322. The maximum Gasteiger partial charge on any atom is 0.203 e. The SMILES string of the molecule is CN=C(NCCc1ccc(Cl)cc1)NCc1ccc(OC)c(OC)c1OC. The van der Waals surface area contributed by atoms with Crippen molar-refractivity contribution in [1.82, 2.24) is 10.6 Å². The van der Waals surface area contributed by atoms with Gasteiger partial charge in [-0.15, -0.1) is 0 Å². The number of nitrogens with one attached hydrogen (secondary N) is 2. The fourth-order valence-electron chi connectivity index (χ4n) is 2.68. The van der Waals surface area contributed by atoms with Crippen molar-refractivity contribution in [3.63, 3.8) is 0 Å². The van der Waals surface area contributed by atoms with Gasteiger partial charge in [0.25, 0.3) is 0 Å². The maximum atomic E-state index is 5.91. The van der Waals surface area contributed by atoms with Crippen molar-refractivity contribution in [2.75, 3.05) is 34.9 Å². The van der Waals surface area contributed by atoms with Gasteiger partial charge < -0.3 is 24.8 Å². The van der Waals surface area contributed by atoms with Gasteiger partial charge in [-0.25, -0.2) is 0 Å². The van der Waals surface area contributed by atoms with Crippen LogP contribution in [0.3, 0.4) is 0 Å². The van der Waals surface area contributed by atoms with E-state index in [2.05, 4.69) is 15.6 Å². The molecule has 146 valence electrons. The van der Waals surface area contributed by atoms with Gasteiger partial charge in [0, 0.05) is 30.7 Å². The summed E-state index contributed by atoms with van der Waals surface area (Å²) in [5.41, 5.74) is 2.15. The van der Waals surface area contributed by atoms with Crippen LogP contribution in [0, 0.1) is 0 Å². The Kier molecular flexibility index (Phi) is 8.07. The highest BCUT2D eigenvalue weighted by atomic mass is 35.5. The Labute approximate surface area is 165 Å². The molecule has 7 heteroatoms. The van der Waals surface area contributed by atoms with Gasteiger partial charge in [0.1, 0.15) is 0 Å². The Balaban J connectivity index is 1.94. The second-order valence-corrected chi connectivity index (χ2v) is 6.16. The molecule has 6 nitrogen and oxygen atoms in total. The first-order chi connectivity index (χ1) is 13.1. The molecule has 0 saturated heterocycles. The van der Waals surface area contributed by atoms with E-state index in [-0.39, 0.29) is 0 Å². The summed E-state index contributed by atoms with van der Waals surface area (Å²) in [7, 11) is 6.54. The molecule has 0 spiro atoms. The molecule has 2 aromatic carbocycles. The van der Waals surface area contributed by atoms with E-state index in [0.29, 0.717) is 29.8 Å². The molecule has 0 heterocycles. The van der Waals surface area contributed by atoms with Crippen LogP contribution in [-0.2, 0) is 13.0 Å². The average Bonchev–Trinajstić information content (AvgIpc) is 2.70. The highest BCUT2D eigenvalue weighted by molar-refractivity contribution is 6.30. The monoisotopic (exact) mass is 391 g/mol. The number of rotatable bonds is 8. The molecule has 0 saturated carbocycles. The molecule has 0 radical (unpaired) electrons. The topological polar surface area (TPSA) is 64.1 Å². The number of halogens is 1. The largest absolute Gasteiger partial charge is 0.493 e. The zero-order valence-corrected chi connectivity index (χ0v) is 16.9. The van der Waals surface area contributed by atoms with E-state index in [1.54, 1.807) is 28.4 Å². The molecule has 0 aliphatic heterocycles. The Morgan fingerprint density at radius 2 is 1.63 bits per heavy atom. The van der Waals surface area contributed by atoms with Gasteiger partial charge in [-0.3, -0.25) is 4.99 Å². The van der Waals surface area contributed by atoms with E-state index in [4.69, 9.17) is 25.8 Å². The first-order valence-electron chi connectivity index (χ1n) is 8.59. The van der Waals surface area contributed by atoms with Gasteiger partial charge in [-0.05, 0) is 36.2 Å². The van der Waals surface area contributed by atoms with E-state index < -0.39 is 0 Å². The van der Waals surface area contributed by atoms with Crippen molar-refractivity contribution < 1.29 is 14.2 Å². The van der Waals surface area contributed by atoms with Crippen LogP contribution < -0.4 is 24.8 Å². The predicted molar refractivity (Wildman–Crippen MR) is 109 cm³/mol. The molecule has 0 unspecified atom stereocenters. The molecule has 2 N–H and O–H groups in total. The number of hydrogen-bond donors (Lipinski definition) is 2. The van der Waals surface area contributed by atoms with Crippen molar-refractivity contribution in [3.8, 4) is 17.2 Å². The van der Waals surface area contributed by atoms with Crippen LogP contribution in [0.2, 0.25) is 5.02 Å². The van der Waals surface area contributed by atoms with Crippen LogP contribution in [-0.4, -0.2) is 40.9 Å². The maximum absolute atomic E-state index is 5.91. The van der Waals surface area contributed by atoms with Gasteiger partial charge >= 0.3 is 0 Å². The molecule has 0 aliphatic carbocycles. The molecule has 0 amide bonds. The molecule has 0 bridgehead atoms. The number of nitrogens with zero attached hydrogens (tertiary/aromatic N) is 1. The molecule has 0 fully saturated rings. The molecule has 2 aromatic rings. The van der Waals surface area contributed by atoms with Crippen LogP contribution in [0.1, 0.15) is 11.1 Å². The summed E-state index contributed by atoms with van der Waals surface area (Å²) in [4.78, 5) is 4.26. The van der Waals surface area contributed by atoms with Gasteiger partial charge in [0.05, 0.1) is 21.3 Å². The zero-order valence-electron chi connectivity index (χ0n) is 16.1. The number of benzene rings is 2. The van der Waals surface area contributed by atoms with Crippen LogP contribution >= 0.6 is 11.6 Å². The standard InChI is InChI=1S/C20H26ClN3O3/c1-22-20(23-12-11-14-5-8-16(21)9-6-14)24-13-15-7-10-17(25-2)19(27-4)18(15)26-3/h5-10H,11-13H2,1-4H3,(H2,22,23,24). The minimum Gasteiger partial charge on any atom is -0.493 e. The summed E-state index contributed by atoms with van der Waals surface area (Å²) in [5, 5.41) is 7.33. The minimum atomic E-state index is 0.532. The van der Waals surface area contributed by atoms with Crippen molar-refractivity contribution in [2.24, 2.45) is 4.99 Å². The molecular formula is C20H26ClN3O3. The zero-order chi connectivity index (χ0) is 19.6. The second-order valence-electron chi connectivity index (χ2n) is 5.72. The Morgan fingerprint density at radius 3 is 2.22 bits per heavy atom. The number of guanidine groups is 1. The second kappa shape index (κ2) is 10.5. The van der Waals surface area contributed by atoms with Gasteiger partial charge in [0.2, 0.25) is 5.75 Å². The van der Waals surface area contributed by atoms with Gasteiger partial charge in [-0.2, -0.15) is 0 Å². The third-order valence-corrected chi connectivity index (χ3v) is 4.33. The van der Waals surface area contributed by atoms with Gasteiger partial charge in [0.15, 0.2) is 17.5 Å². The van der Waals surface area contributed by atoms with Crippen LogP contribution in [0.4, 0.5) is 0 Å². The molecular weight excluding hydrogens is 366 g/mol. The normalized spacial score (nSPS) is 11.1. The van der Waals surface area contributed by atoms with Crippen LogP contribution in [0.15, 0.2) is 41.4 Å². The Bertz CT molecular complexity index is 764. The molecule has 27 heavy (non-hydrogen) atoms. The number of aliphatic imine (C=N–C) groups is 1. The number of methoxy groups -OCH3 is 3. The van der Waals surface area contributed by atoms with E-state index >= 15 is 0 Å². The summed E-state index contributed by atoms with van der Waals surface area (Å²) in [5.74, 6) is 2.55. The lowest BCUT2D eigenvalue weighted by atomic mass is 10.1. The average molecular weight is 392 g/mol. The van der Waals surface area contributed by atoms with Crippen molar-refractivity contribution in [1.29, 1.82) is 0 Å². The Hall–Kier alpha value is -2.60. The van der Waals surface area contributed by atoms with Gasteiger partial charge in [-0.1, -0.05) is 23.7 Å². The quantitative estimate of drug-likeness (QED) is 0.534. The third-order valence-electron chi connectivity index (χ3n) is 4.07. The van der Waals surface area contributed by atoms with E-state index in [1.165, 1.54) is 5.56 Å². The fraction of sp³-hybridized carbons (Fsp3) is 0.350. The van der Waals surface area contributed by atoms with Crippen molar-refractivity contribution >= 4 is 17.6 Å². The van der Waals surface area contributed by atoms with E-state index in [0.717, 1.165) is 23.6 Å². The van der Waals surface area contributed by atoms with Crippen LogP contribution in [0.25, 0.3) is 0 Å². The molecule has 0 atom stereocenters. The van der Waals surface area contributed by atoms with E-state index in [1.807, 2.05) is 36.4 Å². The summed E-state index contributed by atoms with van der Waals surface area (Å²) in [6.07, 6.45) is 0.873. The fourth-order valence-corrected chi connectivity index (χ4v) is 2.80. The Morgan fingerprint density at radius 1 is 0.926 bits per heavy atom. The highest BCUT2D eigenvalue weighted by Gasteiger charge is 2.15.